The van der Waals surface area contributed by atoms with Gasteiger partial charge in [0, 0.05) is 13.6 Å². The van der Waals surface area contributed by atoms with Crippen LogP contribution < -0.4 is 0 Å². The summed E-state index contributed by atoms with van der Waals surface area (Å²) in [7, 11) is 2.01. The monoisotopic (exact) mass is 278 g/mol. The van der Waals surface area contributed by atoms with Gasteiger partial charge in [-0.05, 0) is 43.3 Å². The van der Waals surface area contributed by atoms with E-state index in [0.29, 0.717) is 5.41 Å². The summed E-state index contributed by atoms with van der Waals surface area (Å²) in [6.07, 6.45) is 6.19. The molecule has 0 spiro atoms. The highest BCUT2D eigenvalue weighted by atomic mass is 32.1. The second-order valence-electron chi connectivity index (χ2n) is 5.85. The van der Waals surface area contributed by atoms with E-state index in [0.717, 1.165) is 34.6 Å². The molecule has 1 N–H and O–H groups in total. The number of hydrogen-bond acceptors (Lipinski definition) is 2. The summed E-state index contributed by atoms with van der Waals surface area (Å²) >= 11 is 5.53. The molecule has 1 saturated carbocycles. The van der Waals surface area contributed by atoms with Gasteiger partial charge in [0.2, 0.25) is 0 Å². The van der Waals surface area contributed by atoms with Gasteiger partial charge >= 0.3 is 0 Å². The molecule has 0 radical (unpaired) electrons. The summed E-state index contributed by atoms with van der Waals surface area (Å²) in [6, 6.07) is 0. The van der Waals surface area contributed by atoms with E-state index in [9.17, 15) is 0 Å². The Labute approximate surface area is 118 Å². The average Bonchev–Trinajstić information content (AvgIpc) is 2.82. The molecular formula is C14H22N4S. The van der Waals surface area contributed by atoms with Crippen molar-refractivity contribution in [2.45, 2.75) is 52.5 Å². The number of aryl methyl sites for hydroxylation is 2. The van der Waals surface area contributed by atoms with Crippen molar-refractivity contribution < 1.29 is 0 Å². The predicted molar refractivity (Wildman–Crippen MR) is 79.8 cm³/mol. The van der Waals surface area contributed by atoms with Crippen LogP contribution in [-0.4, -0.2) is 19.3 Å². The van der Waals surface area contributed by atoms with E-state index in [1.54, 1.807) is 0 Å². The van der Waals surface area contributed by atoms with Gasteiger partial charge in [0.15, 0.2) is 10.4 Å². The van der Waals surface area contributed by atoms with E-state index in [1.165, 1.54) is 25.7 Å². The number of nitrogens with one attached hydrogen (secondary N) is 1. The fourth-order valence-corrected chi connectivity index (χ4v) is 3.56. The second-order valence-corrected chi connectivity index (χ2v) is 6.23. The van der Waals surface area contributed by atoms with Gasteiger partial charge in [-0.3, -0.25) is 4.68 Å². The summed E-state index contributed by atoms with van der Waals surface area (Å²) < 4.78 is 5.08. The number of fused-ring (bicyclic) bond motifs is 1. The third-order valence-electron chi connectivity index (χ3n) is 4.81. The predicted octanol–water partition coefficient (Wildman–Crippen LogP) is 3.58. The SMILES string of the molecule is CCc1nn(C)c2c1[nH]c(=S)n2CC1(CC)CCC1. The van der Waals surface area contributed by atoms with Crippen LogP contribution in [0.2, 0.25) is 0 Å². The molecule has 2 aromatic rings. The maximum absolute atomic E-state index is 5.53. The Morgan fingerprint density at radius 2 is 2.11 bits per heavy atom. The lowest BCUT2D eigenvalue weighted by Gasteiger charge is -2.41. The Hall–Kier alpha value is -1.10. The number of imidazole rings is 1. The Morgan fingerprint density at radius 3 is 2.63 bits per heavy atom. The quantitative estimate of drug-likeness (QED) is 0.868. The van der Waals surface area contributed by atoms with Crippen LogP contribution in [-0.2, 0) is 20.0 Å². The molecule has 5 heteroatoms. The zero-order valence-electron chi connectivity index (χ0n) is 12.0. The van der Waals surface area contributed by atoms with Crippen molar-refractivity contribution in [3.63, 3.8) is 0 Å². The highest BCUT2D eigenvalue weighted by Crippen LogP contribution is 2.45. The molecule has 0 saturated heterocycles. The Balaban J connectivity index is 2.10. The molecule has 2 heterocycles. The molecule has 0 unspecified atom stereocenters. The van der Waals surface area contributed by atoms with E-state index < -0.39 is 0 Å². The van der Waals surface area contributed by atoms with Crippen molar-refractivity contribution in [2.75, 3.05) is 0 Å². The molecule has 104 valence electrons. The molecule has 3 rings (SSSR count). The van der Waals surface area contributed by atoms with Crippen LogP contribution in [0.1, 0.15) is 45.2 Å². The Morgan fingerprint density at radius 1 is 1.37 bits per heavy atom. The third-order valence-corrected chi connectivity index (χ3v) is 5.14. The molecule has 1 fully saturated rings. The van der Waals surface area contributed by atoms with Gasteiger partial charge in [0.1, 0.15) is 5.52 Å². The van der Waals surface area contributed by atoms with Crippen LogP contribution in [0.5, 0.6) is 0 Å². The molecule has 1 aliphatic carbocycles. The fourth-order valence-electron chi connectivity index (χ4n) is 3.31. The van der Waals surface area contributed by atoms with Gasteiger partial charge in [-0.25, -0.2) is 0 Å². The molecule has 0 amide bonds. The van der Waals surface area contributed by atoms with E-state index >= 15 is 0 Å². The van der Waals surface area contributed by atoms with Gasteiger partial charge in [0.05, 0.1) is 5.69 Å². The standard InChI is InChI=1S/C14H22N4S/c1-4-10-11-12(17(3)16-10)18(13(19)15-11)9-14(5-2)7-6-8-14/h4-9H2,1-3H3,(H,15,19). The summed E-state index contributed by atoms with van der Waals surface area (Å²) in [5, 5.41) is 4.59. The summed E-state index contributed by atoms with van der Waals surface area (Å²) in [5.41, 5.74) is 3.85. The molecule has 0 aliphatic heterocycles. The first kappa shape index (κ1) is 12.9. The summed E-state index contributed by atoms with van der Waals surface area (Å²) in [5.74, 6) is 0. The molecule has 2 aromatic heterocycles. The van der Waals surface area contributed by atoms with Crippen molar-refractivity contribution in [2.24, 2.45) is 12.5 Å². The minimum atomic E-state index is 0.462. The van der Waals surface area contributed by atoms with Crippen LogP contribution in [0.15, 0.2) is 0 Å². The van der Waals surface area contributed by atoms with Gasteiger partial charge in [-0.1, -0.05) is 20.3 Å². The van der Waals surface area contributed by atoms with E-state index in [4.69, 9.17) is 12.2 Å². The molecule has 0 atom stereocenters. The van der Waals surface area contributed by atoms with Crippen LogP contribution in [0.3, 0.4) is 0 Å². The first-order valence-electron chi connectivity index (χ1n) is 7.24. The molecule has 19 heavy (non-hydrogen) atoms. The summed E-state index contributed by atoms with van der Waals surface area (Å²) in [4.78, 5) is 3.36. The first-order valence-corrected chi connectivity index (χ1v) is 7.65. The summed E-state index contributed by atoms with van der Waals surface area (Å²) in [6.45, 7) is 5.47. The lowest BCUT2D eigenvalue weighted by atomic mass is 9.67. The van der Waals surface area contributed by atoms with Crippen molar-refractivity contribution >= 4 is 23.4 Å². The van der Waals surface area contributed by atoms with Crippen LogP contribution >= 0.6 is 12.2 Å². The Bertz CT molecular complexity index is 651. The van der Waals surface area contributed by atoms with Crippen LogP contribution in [0.25, 0.3) is 11.2 Å². The number of rotatable bonds is 4. The van der Waals surface area contributed by atoms with Crippen LogP contribution in [0, 0.1) is 10.2 Å². The van der Waals surface area contributed by atoms with Gasteiger partial charge in [0.25, 0.3) is 0 Å². The van der Waals surface area contributed by atoms with Crippen LogP contribution in [0.4, 0.5) is 0 Å². The maximum atomic E-state index is 5.53. The number of nitrogens with zero attached hydrogens (tertiary/aromatic N) is 3. The number of hydrogen-bond donors (Lipinski definition) is 1. The van der Waals surface area contributed by atoms with Crippen molar-refractivity contribution in [1.82, 2.24) is 19.3 Å². The minimum Gasteiger partial charge on any atom is -0.328 e. The van der Waals surface area contributed by atoms with E-state index in [1.807, 2.05) is 11.7 Å². The lowest BCUT2D eigenvalue weighted by molar-refractivity contribution is 0.101. The molecule has 4 nitrogen and oxygen atoms in total. The van der Waals surface area contributed by atoms with Gasteiger partial charge in [-0.2, -0.15) is 5.10 Å². The maximum Gasteiger partial charge on any atom is 0.179 e. The van der Waals surface area contributed by atoms with Gasteiger partial charge in [-0.15, -0.1) is 0 Å². The number of aromatic amines is 1. The molecular weight excluding hydrogens is 256 g/mol. The largest absolute Gasteiger partial charge is 0.328 e. The van der Waals surface area contributed by atoms with Crippen molar-refractivity contribution in [3.8, 4) is 0 Å². The number of H-pyrrole nitrogens is 1. The van der Waals surface area contributed by atoms with Crippen molar-refractivity contribution in [1.29, 1.82) is 0 Å². The van der Waals surface area contributed by atoms with E-state index in [-0.39, 0.29) is 0 Å². The van der Waals surface area contributed by atoms with Crippen molar-refractivity contribution in [3.05, 3.63) is 10.5 Å². The smallest absolute Gasteiger partial charge is 0.179 e. The van der Waals surface area contributed by atoms with E-state index in [2.05, 4.69) is 28.5 Å². The zero-order chi connectivity index (χ0) is 13.6. The number of aromatic nitrogens is 4. The molecule has 0 aromatic carbocycles. The average molecular weight is 278 g/mol. The Kier molecular flexibility index (Phi) is 3.04. The van der Waals surface area contributed by atoms with Gasteiger partial charge < -0.3 is 9.55 Å². The lowest BCUT2D eigenvalue weighted by Crippen LogP contribution is -2.33. The normalized spacial score (nSPS) is 17.8. The third kappa shape index (κ3) is 1.86. The highest BCUT2D eigenvalue weighted by Gasteiger charge is 2.36. The fraction of sp³-hybridized carbons (Fsp3) is 0.714. The highest BCUT2D eigenvalue weighted by molar-refractivity contribution is 7.71. The topological polar surface area (TPSA) is 38.5 Å². The second kappa shape index (κ2) is 4.47. The minimum absolute atomic E-state index is 0.462. The molecule has 0 bridgehead atoms. The molecule has 1 aliphatic rings. The first-order chi connectivity index (χ1) is 9.10. The zero-order valence-corrected chi connectivity index (χ0v) is 12.8.